The van der Waals surface area contributed by atoms with Gasteiger partial charge in [0.25, 0.3) is 0 Å². The van der Waals surface area contributed by atoms with Gasteiger partial charge in [-0.3, -0.25) is 0 Å². The maximum absolute atomic E-state index is 9.32. The van der Waals surface area contributed by atoms with Crippen LogP contribution in [0.15, 0.2) is 17.4 Å². The van der Waals surface area contributed by atoms with E-state index in [9.17, 15) is 5.11 Å². The van der Waals surface area contributed by atoms with Crippen LogP contribution in [0.3, 0.4) is 0 Å². The molecule has 14 heavy (non-hydrogen) atoms. The van der Waals surface area contributed by atoms with Crippen LogP contribution < -0.4 is 5.73 Å². The molecule has 1 aromatic heterocycles. The molecule has 1 rings (SSSR count). The molecular formula is C7H13Cl2N3OS. The number of aliphatic hydroxyl groups excluding tert-OH is 1. The molecule has 0 spiro atoms. The van der Waals surface area contributed by atoms with E-state index in [0.29, 0.717) is 10.9 Å². The first kappa shape index (κ1) is 16.4. The molecule has 1 atom stereocenters. The molecule has 0 saturated carbocycles. The summed E-state index contributed by atoms with van der Waals surface area (Å²) in [5.41, 5.74) is 5.86. The zero-order chi connectivity index (χ0) is 8.97. The maximum Gasteiger partial charge on any atom is 0.187 e. The standard InChI is InChI=1S/C7H11N3OS.2ClH/c1-12-7-9-3-2-5(10-7)6(11)4-8;;/h2-3,6,11H,4,8H2,1H3;2*1H. The van der Waals surface area contributed by atoms with Crippen molar-refractivity contribution in [1.82, 2.24) is 9.97 Å². The van der Waals surface area contributed by atoms with Crippen LogP contribution in [-0.4, -0.2) is 27.9 Å². The summed E-state index contributed by atoms with van der Waals surface area (Å²) in [4.78, 5) is 8.06. The Labute approximate surface area is 99.5 Å². The first-order valence-corrected chi connectivity index (χ1v) is 4.75. The van der Waals surface area contributed by atoms with Crippen molar-refractivity contribution in [3.63, 3.8) is 0 Å². The Kier molecular flexibility index (Phi) is 9.65. The zero-order valence-corrected chi connectivity index (χ0v) is 10.0. The van der Waals surface area contributed by atoms with E-state index in [1.165, 1.54) is 11.8 Å². The molecule has 0 aliphatic heterocycles. The van der Waals surface area contributed by atoms with Gasteiger partial charge in [-0.15, -0.1) is 24.8 Å². The summed E-state index contributed by atoms with van der Waals surface area (Å²) in [7, 11) is 0. The highest BCUT2D eigenvalue weighted by Crippen LogP contribution is 2.12. The van der Waals surface area contributed by atoms with E-state index in [0.717, 1.165) is 0 Å². The van der Waals surface area contributed by atoms with Gasteiger partial charge >= 0.3 is 0 Å². The summed E-state index contributed by atoms with van der Waals surface area (Å²) in [6, 6.07) is 1.66. The number of rotatable bonds is 3. The van der Waals surface area contributed by atoms with Crippen LogP contribution in [0.5, 0.6) is 0 Å². The highest BCUT2D eigenvalue weighted by atomic mass is 35.5. The molecule has 82 valence electrons. The summed E-state index contributed by atoms with van der Waals surface area (Å²) >= 11 is 1.44. The number of hydrogen-bond acceptors (Lipinski definition) is 5. The summed E-state index contributed by atoms with van der Waals surface area (Å²) in [5, 5.41) is 9.98. The van der Waals surface area contributed by atoms with Gasteiger partial charge in [0.15, 0.2) is 5.16 Å². The molecule has 1 unspecified atom stereocenters. The lowest BCUT2D eigenvalue weighted by atomic mass is 10.2. The molecule has 0 amide bonds. The van der Waals surface area contributed by atoms with E-state index in [1.54, 1.807) is 12.3 Å². The lowest BCUT2D eigenvalue weighted by molar-refractivity contribution is 0.181. The summed E-state index contributed by atoms with van der Waals surface area (Å²) < 4.78 is 0. The number of nitrogens with two attached hydrogens (primary N) is 1. The van der Waals surface area contributed by atoms with Crippen molar-refractivity contribution in [3.8, 4) is 0 Å². The fourth-order valence-corrected chi connectivity index (χ4v) is 1.12. The lowest BCUT2D eigenvalue weighted by Crippen LogP contribution is -2.13. The van der Waals surface area contributed by atoms with Crippen LogP contribution in [0.4, 0.5) is 0 Å². The van der Waals surface area contributed by atoms with Crippen LogP contribution in [0.2, 0.25) is 0 Å². The van der Waals surface area contributed by atoms with Gasteiger partial charge in [-0.25, -0.2) is 9.97 Å². The van der Waals surface area contributed by atoms with Crippen LogP contribution in [0, 0.1) is 0 Å². The second kappa shape index (κ2) is 8.26. The molecule has 0 bridgehead atoms. The minimum absolute atomic E-state index is 0. The predicted octanol–water partition coefficient (Wildman–Crippen LogP) is 1.03. The minimum Gasteiger partial charge on any atom is -0.385 e. The smallest absolute Gasteiger partial charge is 0.187 e. The van der Waals surface area contributed by atoms with E-state index >= 15 is 0 Å². The SMILES string of the molecule is CSc1nccc(C(O)CN)n1.Cl.Cl. The van der Waals surface area contributed by atoms with Gasteiger partial charge in [0.05, 0.1) is 5.69 Å². The largest absolute Gasteiger partial charge is 0.385 e. The highest BCUT2D eigenvalue weighted by molar-refractivity contribution is 7.98. The highest BCUT2D eigenvalue weighted by Gasteiger charge is 2.06. The van der Waals surface area contributed by atoms with Gasteiger partial charge in [-0.2, -0.15) is 0 Å². The average molecular weight is 258 g/mol. The second-order valence-electron chi connectivity index (χ2n) is 2.22. The summed E-state index contributed by atoms with van der Waals surface area (Å²) in [6.07, 6.45) is 2.82. The first-order chi connectivity index (χ1) is 5.77. The molecular weight excluding hydrogens is 245 g/mol. The lowest BCUT2D eigenvalue weighted by Gasteiger charge is -2.06. The number of thioether (sulfide) groups is 1. The van der Waals surface area contributed by atoms with Crippen molar-refractivity contribution in [3.05, 3.63) is 18.0 Å². The topological polar surface area (TPSA) is 72.0 Å². The molecule has 0 aliphatic rings. The number of aliphatic hydroxyl groups is 1. The fraction of sp³-hybridized carbons (Fsp3) is 0.429. The van der Waals surface area contributed by atoms with Crippen LogP contribution in [0.1, 0.15) is 11.8 Å². The monoisotopic (exact) mass is 257 g/mol. The van der Waals surface area contributed by atoms with E-state index in [1.807, 2.05) is 6.26 Å². The number of nitrogens with zero attached hydrogens (tertiary/aromatic N) is 2. The molecule has 0 saturated heterocycles. The summed E-state index contributed by atoms with van der Waals surface area (Å²) in [5.74, 6) is 0. The molecule has 1 heterocycles. The first-order valence-electron chi connectivity index (χ1n) is 3.53. The van der Waals surface area contributed by atoms with Gasteiger partial charge in [-0.05, 0) is 12.3 Å². The third-order valence-corrected chi connectivity index (χ3v) is 1.96. The molecule has 3 N–H and O–H groups in total. The number of aromatic nitrogens is 2. The minimum atomic E-state index is -0.682. The van der Waals surface area contributed by atoms with Crippen molar-refractivity contribution in [2.24, 2.45) is 5.73 Å². The summed E-state index contributed by atoms with van der Waals surface area (Å²) in [6.45, 7) is 0.185. The Hall–Kier alpha value is -0.0700. The quantitative estimate of drug-likeness (QED) is 0.626. The molecule has 1 aromatic rings. The van der Waals surface area contributed by atoms with E-state index in [4.69, 9.17) is 5.73 Å². The van der Waals surface area contributed by atoms with E-state index < -0.39 is 6.10 Å². The van der Waals surface area contributed by atoms with Crippen molar-refractivity contribution < 1.29 is 5.11 Å². The van der Waals surface area contributed by atoms with Crippen molar-refractivity contribution in [2.45, 2.75) is 11.3 Å². The Morgan fingerprint density at radius 2 is 2.21 bits per heavy atom. The third-order valence-electron chi connectivity index (χ3n) is 1.40. The molecule has 0 aromatic carbocycles. The van der Waals surface area contributed by atoms with Crippen LogP contribution >= 0.6 is 36.6 Å². The van der Waals surface area contributed by atoms with Gasteiger partial charge < -0.3 is 10.8 Å². The molecule has 0 fully saturated rings. The predicted molar refractivity (Wildman–Crippen MR) is 62.3 cm³/mol. The Balaban J connectivity index is 0. The van der Waals surface area contributed by atoms with Crippen molar-refractivity contribution >= 4 is 36.6 Å². The number of hydrogen-bond donors (Lipinski definition) is 2. The molecule has 4 nitrogen and oxygen atoms in total. The zero-order valence-electron chi connectivity index (χ0n) is 7.58. The fourth-order valence-electron chi connectivity index (χ4n) is 0.759. The third kappa shape index (κ3) is 4.43. The van der Waals surface area contributed by atoms with Crippen LogP contribution in [-0.2, 0) is 0 Å². The Morgan fingerprint density at radius 3 is 2.71 bits per heavy atom. The van der Waals surface area contributed by atoms with Gasteiger partial charge in [-0.1, -0.05) is 11.8 Å². The van der Waals surface area contributed by atoms with E-state index in [2.05, 4.69) is 9.97 Å². The van der Waals surface area contributed by atoms with Gasteiger partial charge in [0.1, 0.15) is 6.10 Å². The van der Waals surface area contributed by atoms with Gasteiger partial charge in [0, 0.05) is 12.7 Å². The van der Waals surface area contributed by atoms with E-state index in [-0.39, 0.29) is 31.4 Å². The molecule has 0 aliphatic carbocycles. The maximum atomic E-state index is 9.32. The second-order valence-corrected chi connectivity index (χ2v) is 2.99. The molecule has 7 heteroatoms. The molecule has 0 radical (unpaired) electrons. The van der Waals surface area contributed by atoms with Gasteiger partial charge in [0.2, 0.25) is 0 Å². The Morgan fingerprint density at radius 1 is 1.57 bits per heavy atom. The number of halogens is 2. The van der Waals surface area contributed by atoms with Crippen LogP contribution in [0.25, 0.3) is 0 Å². The van der Waals surface area contributed by atoms with Crippen molar-refractivity contribution in [1.29, 1.82) is 0 Å². The average Bonchev–Trinajstić information content (AvgIpc) is 2.17. The normalized spacial score (nSPS) is 11.1. The van der Waals surface area contributed by atoms with Crippen molar-refractivity contribution in [2.75, 3.05) is 12.8 Å². The Bertz CT molecular complexity index is 264.